The molecule has 0 spiro atoms. The van der Waals surface area contributed by atoms with Gasteiger partial charge in [-0.25, -0.2) is 9.97 Å². The Morgan fingerprint density at radius 2 is 2.00 bits per heavy atom. The minimum absolute atomic E-state index is 0.281. The second-order valence-electron chi connectivity index (χ2n) is 6.73. The van der Waals surface area contributed by atoms with Crippen molar-refractivity contribution >= 4 is 11.7 Å². The van der Waals surface area contributed by atoms with Crippen LogP contribution >= 0.6 is 0 Å². The van der Waals surface area contributed by atoms with Gasteiger partial charge in [0.05, 0.1) is 0 Å². The zero-order chi connectivity index (χ0) is 15.7. The Morgan fingerprint density at radius 3 is 2.68 bits per heavy atom. The molecule has 2 fully saturated rings. The summed E-state index contributed by atoms with van der Waals surface area (Å²) in [6.07, 6.45) is 7.20. The van der Waals surface area contributed by atoms with Crippen molar-refractivity contribution in [1.82, 2.24) is 14.9 Å². The fraction of sp³-hybridized carbons (Fsp3) is 0.706. The molecule has 5 heteroatoms. The van der Waals surface area contributed by atoms with Crippen LogP contribution in [0.5, 0.6) is 0 Å². The van der Waals surface area contributed by atoms with E-state index >= 15 is 0 Å². The van der Waals surface area contributed by atoms with Crippen molar-refractivity contribution in [2.45, 2.75) is 52.0 Å². The van der Waals surface area contributed by atoms with Crippen molar-refractivity contribution in [1.29, 1.82) is 0 Å². The molecule has 0 bridgehead atoms. The van der Waals surface area contributed by atoms with Gasteiger partial charge in [-0.1, -0.05) is 6.42 Å². The minimum atomic E-state index is 0.281. The summed E-state index contributed by atoms with van der Waals surface area (Å²) in [5, 5.41) is 0. The summed E-state index contributed by atoms with van der Waals surface area (Å²) >= 11 is 0. The summed E-state index contributed by atoms with van der Waals surface area (Å²) in [5.74, 6) is 1.65. The Labute approximate surface area is 132 Å². The highest BCUT2D eigenvalue weighted by Crippen LogP contribution is 2.30. The summed E-state index contributed by atoms with van der Waals surface area (Å²) in [6.45, 7) is 6.00. The zero-order valence-electron chi connectivity index (χ0n) is 13.9. The molecule has 3 rings (SSSR count). The highest BCUT2D eigenvalue weighted by atomic mass is 16.2. The van der Waals surface area contributed by atoms with Crippen LogP contribution in [0, 0.1) is 19.8 Å². The van der Waals surface area contributed by atoms with Gasteiger partial charge < -0.3 is 9.80 Å². The highest BCUT2D eigenvalue weighted by Gasteiger charge is 2.33. The van der Waals surface area contributed by atoms with Crippen LogP contribution in [-0.2, 0) is 4.79 Å². The van der Waals surface area contributed by atoms with Gasteiger partial charge in [0, 0.05) is 43.4 Å². The first-order valence-corrected chi connectivity index (χ1v) is 8.37. The van der Waals surface area contributed by atoms with Crippen molar-refractivity contribution in [3.05, 3.63) is 17.6 Å². The van der Waals surface area contributed by atoms with Gasteiger partial charge in [0.15, 0.2) is 0 Å². The standard InChI is InChI=1S/C17H26N4O/c1-12-13(2)18-11-19-16(12)21-9-5-8-15(10-21)20(3)17(22)14-6-4-7-14/h11,14-15H,4-10H2,1-3H3. The number of amides is 1. The maximum atomic E-state index is 12.5. The molecule has 2 aliphatic rings. The normalized spacial score (nSPS) is 22.3. The molecule has 0 aromatic carbocycles. The van der Waals surface area contributed by atoms with E-state index in [9.17, 15) is 4.79 Å². The molecule has 1 saturated heterocycles. The molecule has 1 aromatic rings. The van der Waals surface area contributed by atoms with Crippen LogP contribution in [0.3, 0.4) is 0 Å². The molecule has 5 nitrogen and oxygen atoms in total. The van der Waals surface area contributed by atoms with Crippen LogP contribution in [0.4, 0.5) is 5.82 Å². The van der Waals surface area contributed by atoms with Crippen molar-refractivity contribution in [3.8, 4) is 0 Å². The summed E-state index contributed by atoms with van der Waals surface area (Å²) in [6, 6.07) is 0.302. The van der Waals surface area contributed by atoms with Gasteiger partial charge in [-0.15, -0.1) is 0 Å². The van der Waals surface area contributed by atoms with Crippen molar-refractivity contribution in [2.75, 3.05) is 25.0 Å². The fourth-order valence-electron chi connectivity index (χ4n) is 3.43. The molecule has 0 radical (unpaired) electrons. The molecule has 1 saturated carbocycles. The van der Waals surface area contributed by atoms with Crippen molar-refractivity contribution < 1.29 is 4.79 Å². The lowest BCUT2D eigenvalue weighted by Gasteiger charge is -2.40. The van der Waals surface area contributed by atoms with E-state index in [2.05, 4.69) is 21.8 Å². The topological polar surface area (TPSA) is 49.3 Å². The van der Waals surface area contributed by atoms with Crippen LogP contribution in [0.2, 0.25) is 0 Å². The summed E-state index contributed by atoms with van der Waals surface area (Å²) in [7, 11) is 1.98. The average molecular weight is 302 g/mol. The minimum Gasteiger partial charge on any atom is -0.354 e. The predicted molar refractivity (Wildman–Crippen MR) is 86.9 cm³/mol. The Bertz CT molecular complexity index is 556. The van der Waals surface area contributed by atoms with Gasteiger partial charge in [-0.05, 0) is 39.5 Å². The van der Waals surface area contributed by atoms with Gasteiger partial charge in [-0.3, -0.25) is 4.79 Å². The number of likely N-dealkylation sites (N-methyl/N-ethyl adjacent to an activating group) is 1. The average Bonchev–Trinajstić information content (AvgIpc) is 2.47. The first-order chi connectivity index (χ1) is 10.6. The molecule has 120 valence electrons. The quantitative estimate of drug-likeness (QED) is 0.860. The molecular formula is C17H26N4O. The van der Waals surface area contributed by atoms with E-state index in [0.29, 0.717) is 11.9 Å². The lowest BCUT2D eigenvalue weighted by atomic mass is 9.84. The second kappa shape index (κ2) is 6.23. The Morgan fingerprint density at radius 1 is 1.23 bits per heavy atom. The number of aryl methyl sites for hydroxylation is 1. The van der Waals surface area contributed by atoms with Crippen LogP contribution in [0.25, 0.3) is 0 Å². The predicted octanol–water partition coefficient (Wildman–Crippen LogP) is 2.32. The van der Waals surface area contributed by atoms with E-state index in [1.165, 1.54) is 6.42 Å². The molecular weight excluding hydrogens is 276 g/mol. The second-order valence-corrected chi connectivity index (χ2v) is 6.73. The molecule has 2 heterocycles. The van der Waals surface area contributed by atoms with Crippen LogP contribution in [-0.4, -0.2) is 47.0 Å². The number of aromatic nitrogens is 2. The van der Waals surface area contributed by atoms with Gasteiger partial charge in [0.1, 0.15) is 12.1 Å². The van der Waals surface area contributed by atoms with E-state index < -0.39 is 0 Å². The number of rotatable bonds is 3. The molecule has 0 N–H and O–H groups in total. The summed E-state index contributed by atoms with van der Waals surface area (Å²) in [5.41, 5.74) is 2.18. The highest BCUT2D eigenvalue weighted by molar-refractivity contribution is 5.79. The Hall–Kier alpha value is -1.65. The number of nitrogens with zero attached hydrogens (tertiary/aromatic N) is 4. The molecule has 1 unspecified atom stereocenters. The summed E-state index contributed by atoms with van der Waals surface area (Å²) in [4.78, 5) is 25.5. The van der Waals surface area contributed by atoms with Crippen LogP contribution in [0.15, 0.2) is 6.33 Å². The van der Waals surface area contributed by atoms with Crippen LogP contribution in [0.1, 0.15) is 43.4 Å². The lowest BCUT2D eigenvalue weighted by molar-refractivity contribution is -0.139. The molecule has 1 amide bonds. The van der Waals surface area contributed by atoms with E-state index in [0.717, 1.165) is 55.8 Å². The molecule has 22 heavy (non-hydrogen) atoms. The first-order valence-electron chi connectivity index (χ1n) is 8.37. The maximum Gasteiger partial charge on any atom is 0.225 e. The molecule has 1 atom stereocenters. The molecule has 1 aliphatic carbocycles. The van der Waals surface area contributed by atoms with Gasteiger partial charge in [-0.2, -0.15) is 0 Å². The zero-order valence-corrected chi connectivity index (χ0v) is 13.9. The monoisotopic (exact) mass is 302 g/mol. The van der Waals surface area contributed by atoms with Crippen LogP contribution < -0.4 is 4.90 Å². The molecule has 1 aliphatic heterocycles. The smallest absolute Gasteiger partial charge is 0.225 e. The SMILES string of the molecule is Cc1ncnc(N2CCCC(N(C)C(=O)C3CCC3)C2)c1C. The number of anilines is 1. The lowest BCUT2D eigenvalue weighted by Crippen LogP contribution is -2.51. The van der Waals surface area contributed by atoms with Gasteiger partial charge in [0.25, 0.3) is 0 Å². The molecule has 1 aromatic heterocycles. The van der Waals surface area contributed by atoms with E-state index in [4.69, 9.17) is 0 Å². The largest absolute Gasteiger partial charge is 0.354 e. The number of carbonyl (C=O) groups excluding carboxylic acids is 1. The first kappa shape index (κ1) is 15.3. The van der Waals surface area contributed by atoms with Crippen molar-refractivity contribution in [2.24, 2.45) is 5.92 Å². The Kier molecular flexibility index (Phi) is 4.32. The number of carbonyl (C=O) groups is 1. The van der Waals surface area contributed by atoms with E-state index in [-0.39, 0.29) is 5.92 Å². The van der Waals surface area contributed by atoms with Gasteiger partial charge >= 0.3 is 0 Å². The third kappa shape index (κ3) is 2.81. The number of piperidine rings is 1. The fourth-order valence-corrected chi connectivity index (χ4v) is 3.43. The maximum absolute atomic E-state index is 12.5. The number of hydrogen-bond donors (Lipinski definition) is 0. The van der Waals surface area contributed by atoms with Crippen molar-refractivity contribution in [3.63, 3.8) is 0 Å². The van der Waals surface area contributed by atoms with E-state index in [1.807, 2.05) is 18.9 Å². The Balaban J connectivity index is 1.71. The van der Waals surface area contributed by atoms with E-state index in [1.54, 1.807) is 6.33 Å². The summed E-state index contributed by atoms with van der Waals surface area (Å²) < 4.78 is 0. The van der Waals surface area contributed by atoms with Gasteiger partial charge in [0.2, 0.25) is 5.91 Å². The third-order valence-electron chi connectivity index (χ3n) is 5.36. The number of hydrogen-bond acceptors (Lipinski definition) is 4. The third-order valence-corrected chi connectivity index (χ3v) is 5.36.